The molecule has 0 heterocycles. The molecule has 1 N–H and O–H groups in total. The fourth-order valence-corrected chi connectivity index (χ4v) is 5.64. The van der Waals surface area contributed by atoms with Crippen LogP contribution in [-0.2, 0) is 26.2 Å². The topological polar surface area (TPSA) is 105 Å². The molecule has 0 fully saturated rings. The highest BCUT2D eigenvalue weighted by Crippen LogP contribution is 2.36. The summed E-state index contributed by atoms with van der Waals surface area (Å²) in [6.07, 6.45) is 0.338. The van der Waals surface area contributed by atoms with Gasteiger partial charge in [-0.15, -0.1) is 0 Å². The number of carbonyl (C=O) groups excluding carboxylic acids is 2. The largest absolute Gasteiger partial charge is 0.497 e. The molecule has 0 radical (unpaired) electrons. The Bertz CT molecular complexity index is 1380. The van der Waals surface area contributed by atoms with Crippen LogP contribution in [0.15, 0.2) is 77.7 Å². The molecule has 0 unspecified atom stereocenters. The van der Waals surface area contributed by atoms with Crippen LogP contribution in [0.4, 0.5) is 5.69 Å². The third-order valence-corrected chi connectivity index (χ3v) is 8.14. The quantitative estimate of drug-likeness (QED) is 0.366. The fraction of sp³-hybridized carbons (Fsp3) is 0.310. The molecule has 3 aromatic rings. The number of carbonyl (C=O) groups is 2. The number of sulfonamides is 1. The molecule has 3 rings (SSSR count). The molecule has 0 saturated heterocycles. The first-order chi connectivity index (χ1) is 18.7. The van der Waals surface area contributed by atoms with Gasteiger partial charge < -0.3 is 19.7 Å². The number of nitrogens with zero attached hydrogens (tertiary/aromatic N) is 2. The first kappa shape index (κ1) is 29.5. The maximum atomic E-state index is 14.0. The van der Waals surface area contributed by atoms with E-state index in [1.54, 1.807) is 37.3 Å². The summed E-state index contributed by atoms with van der Waals surface area (Å²) in [5.41, 5.74) is 2.00. The number of nitrogens with one attached hydrogen (secondary N) is 1. The molecular formula is C29H35N3O6S. The van der Waals surface area contributed by atoms with Gasteiger partial charge in [0.2, 0.25) is 11.8 Å². The molecule has 2 amide bonds. The summed E-state index contributed by atoms with van der Waals surface area (Å²) in [6.45, 7) is 3.32. The first-order valence-electron chi connectivity index (χ1n) is 12.5. The highest BCUT2D eigenvalue weighted by molar-refractivity contribution is 7.92. The Hall–Kier alpha value is -4.05. The van der Waals surface area contributed by atoms with Crippen LogP contribution >= 0.6 is 0 Å². The molecule has 0 aliphatic heterocycles. The second-order valence-electron chi connectivity index (χ2n) is 8.91. The van der Waals surface area contributed by atoms with Crippen molar-refractivity contribution in [3.8, 4) is 11.5 Å². The Morgan fingerprint density at radius 3 is 2.18 bits per heavy atom. The van der Waals surface area contributed by atoms with E-state index in [1.807, 2.05) is 31.2 Å². The second kappa shape index (κ2) is 13.1. The zero-order valence-electron chi connectivity index (χ0n) is 22.9. The van der Waals surface area contributed by atoms with Gasteiger partial charge in [-0.25, -0.2) is 8.42 Å². The lowest BCUT2D eigenvalue weighted by molar-refractivity contribution is -0.140. The van der Waals surface area contributed by atoms with E-state index < -0.39 is 28.5 Å². The van der Waals surface area contributed by atoms with Gasteiger partial charge >= 0.3 is 0 Å². The van der Waals surface area contributed by atoms with Gasteiger partial charge in [-0.05, 0) is 43.2 Å². The summed E-state index contributed by atoms with van der Waals surface area (Å²) in [7, 11) is 0.163. The number of hydrogen-bond acceptors (Lipinski definition) is 6. The van der Waals surface area contributed by atoms with Crippen molar-refractivity contribution in [2.45, 2.75) is 37.8 Å². The minimum absolute atomic E-state index is 0.00565. The third-order valence-electron chi connectivity index (χ3n) is 6.37. The number of methoxy groups -OCH3 is 2. The Morgan fingerprint density at radius 1 is 0.949 bits per heavy atom. The van der Waals surface area contributed by atoms with Crippen LogP contribution in [0.25, 0.3) is 0 Å². The monoisotopic (exact) mass is 553 g/mol. The number of ether oxygens (including phenoxy) is 2. The molecule has 10 heteroatoms. The van der Waals surface area contributed by atoms with Crippen LogP contribution < -0.4 is 19.1 Å². The summed E-state index contributed by atoms with van der Waals surface area (Å²) in [5.74, 6) is -0.254. The lowest BCUT2D eigenvalue weighted by Gasteiger charge is -2.33. The van der Waals surface area contributed by atoms with E-state index in [4.69, 9.17) is 9.47 Å². The molecule has 3 aromatic carbocycles. The van der Waals surface area contributed by atoms with Crippen LogP contribution in [0.1, 0.15) is 24.5 Å². The van der Waals surface area contributed by atoms with E-state index >= 15 is 0 Å². The van der Waals surface area contributed by atoms with Gasteiger partial charge in [0.1, 0.15) is 24.1 Å². The third kappa shape index (κ3) is 6.88. The average molecular weight is 554 g/mol. The Morgan fingerprint density at radius 2 is 1.62 bits per heavy atom. The molecule has 39 heavy (non-hydrogen) atoms. The Balaban J connectivity index is 2.13. The molecule has 0 aromatic heterocycles. The average Bonchev–Trinajstić information content (AvgIpc) is 2.96. The predicted molar refractivity (Wildman–Crippen MR) is 150 cm³/mol. The normalized spacial score (nSPS) is 11.8. The number of benzene rings is 3. The van der Waals surface area contributed by atoms with Crippen LogP contribution in [-0.4, -0.2) is 59.0 Å². The SMILES string of the molecule is CC[C@H](C(=O)NC)N(Cc1ccc(C)cc1)C(=O)CN(c1cc(OC)ccc1OC)S(=O)(=O)c1ccccc1. The molecule has 0 aliphatic rings. The van der Waals surface area contributed by atoms with Crippen molar-refractivity contribution in [3.05, 3.63) is 83.9 Å². The van der Waals surface area contributed by atoms with Crippen molar-refractivity contribution in [2.24, 2.45) is 0 Å². The number of hydrogen-bond donors (Lipinski definition) is 1. The van der Waals surface area contributed by atoms with Gasteiger partial charge in [-0.1, -0.05) is 55.0 Å². The van der Waals surface area contributed by atoms with Crippen molar-refractivity contribution < 1.29 is 27.5 Å². The highest BCUT2D eigenvalue weighted by Gasteiger charge is 2.34. The van der Waals surface area contributed by atoms with E-state index in [1.165, 1.54) is 44.4 Å². The molecule has 0 aliphatic carbocycles. The van der Waals surface area contributed by atoms with Crippen molar-refractivity contribution in [1.82, 2.24) is 10.2 Å². The van der Waals surface area contributed by atoms with E-state index in [9.17, 15) is 18.0 Å². The smallest absolute Gasteiger partial charge is 0.264 e. The summed E-state index contributed by atoms with van der Waals surface area (Å²) >= 11 is 0. The van der Waals surface area contributed by atoms with Crippen molar-refractivity contribution >= 4 is 27.5 Å². The zero-order valence-corrected chi connectivity index (χ0v) is 23.7. The standard InChI is InChI=1S/C29H35N3O6S/c1-6-25(29(34)30-3)31(19-22-14-12-21(2)13-15-22)28(33)20-32(39(35,36)24-10-8-7-9-11-24)26-18-23(37-4)16-17-27(26)38-5/h7-18,25H,6,19-20H2,1-5H3,(H,30,34)/t25-/m1/s1. The maximum absolute atomic E-state index is 14.0. The number of amides is 2. The van der Waals surface area contributed by atoms with Crippen molar-refractivity contribution in [2.75, 3.05) is 32.1 Å². The number of anilines is 1. The lowest BCUT2D eigenvalue weighted by atomic mass is 10.1. The van der Waals surface area contributed by atoms with Gasteiger partial charge in [0.15, 0.2) is 0 Å². The summed E-state index contributed by atoms with van der Waals surface area (Å²) < 4.78 is 39.8. The molecule has 0 spiro atoms. The lowest BCUT2D eigenvalue weighted by Crippen LogP contribution is -2.51. The first-order valence-corrected chi connectivity index (χ1v) is 14.0. The number of aryl methyl sites for hydroxylation is 1. The maximum Gasteiger partial charge on any atom is 0.264 e. The predicted octanol–water partition coefficient (Wildman–Crippen LogP) is 3.76. The Labute approximate surface area is 230 Å². The van der Waals surface area contributed by atoms with Crippen LogP contribution in [0, 0.1) is 6.92 Å². The Kier molecular flexibility index (Phi) is 9.95. The van der Waals surface area contributed by atoms with Gasteiger partial charge in [0.05, 0.1) is 24.8 Å². The molecule has 0 bridgehead atoms. The highest BCUT2D eigenvalue weighted by atomic mass is 32.2. The summed E-state index contributed by atoms with van der Waals surface area (Å²) in [6, 6.07) is 19.4. The van der Waals surface area contributed by atoms with E-state index in [2.05, 4.69) is 5.32 Å². The van der Waals surface area contributed by atoms with Crippen LogP contribution in [0.3, 0.4) is 0 Å². The van der Waals surface area contributed by atoms with E-state index in [-0.39, 0.29) is 28.8 Å². The van der Waals surface area contributed by atoms with Gasteiger partial charge in [-0.2, -0.15) is 0 Å². The van der Waals surface area contributed by atoms with Crippen LogP contribution in [0.5, 0.6) is 11.5 Å². The summed E-state index contributed by atoms with van der Waals surface area (Å²) in [4.78, 5) is 28.3. The molecule has 0 saturated carbocycles. The molecule has 9 nitrogen and oxygen atoms in total. The summed E-state index contributed by atoms with van der Waals surface area (Å²) in [5, 5.41) is 2.62. The molecular weight excluding hydrogens is 518 g/mol. The zero-order chi connectivity index (χ0) is 28.6. The minimum atomic E-state index is -4.23. The second-order valence-corrected chi connectivity index (χ2v) is 10.8. The molecule has 1 atom stereocenters. The number of rotatable bonds is 12. The fourth-order valence-electron chi connectivity index (χ4n) is 4.20. The van der Waals surface area contributed by atoms with Gasteiger partial charge in [-0.3, -0.25) is 13.9 Å². The van der Waals surface area contributed by atoms with Gasteiger partial charge in [0.25, 0.3) is 10.0 Å². The van der Waals surface area contributed by atoms with Crippen molar-refractivity contribution in [3.63, 3.8) is 0 Å². The van der Waals surface area contributed by atoms with Crippen LogP contribution in [0.2, 0.25) is 0 Å². The van der Waals surface area contributed by atoms with Gasteiger partial charge in [0, 0.05) is 19.7 Å². The van der Waals surface area contributed by atoms with E-state index in [0.29, 0.717) is 12.2 Å². The van der Waals surface area contributed by atoms with Crippen molar-refractivity contribution in [1.29, 1.82) is 0 Å². The molecule has 208 valence electrons. The van der Waals surface area contributed by atoms with E-state index in [0.717, 1.165) is 15.4 Å². The minimum Gasteiger partial charge on any atom is -0.497 e. The number of likely N-dealkylation sites (N-methyl/N-ethyl adjacent to an activating group) is 1.